The SMILES string of the molecule is CC.CC.CCSC.O=C(O)CCCCCCCCCCCCCCC(=O)NC(CCC(=O)NCCOCCOCC(=O)NCCOCCOC[O-])C(=O)O.S.[K+]. The van der Waals surface area contributed by atoms with Crippen molar-refractivity contribution in [3.05, 3.63) is 0 Å². The minimum atomic E-state index is -1.18. The molecular weight excluding hydrogens is 806 g/mol. The summed E-state index contributed by atoms with van der Waals surface area (Å²) in [5.74, 6) is -1.65. The van der Waals surface area contributed by atoms with E-state index in [2.05, 4.69) is 33.9 Å². The van der Waals surface area contributed by atoms with Crippen molar-refractivity contribution < 1.29 is 110 Å². The average molecular weight is 886 g/mol. The molecule has 0 heterocycles. The van der Waals surface area contributed by atoms with Crippen molar-refractivity contribution in [2.24, 2.45) is 0 Å². The number of carbonyl (C=O) groups is 5. The van der Waals surface area contributed by atoms with Crippen LogP contribution >= 0.6 is 25.3 Å². The van der Waals surface area contributed by atoms with Crippen molar-refractivity contribution in [3.63, 3.8) is 0 Å². The predicted molar refractivity (Wildman–Crippen MR) is 228 cm³/mol. The van der Waals surface area contributed by atoms with Crippen LogP contribution in [0.3, 0.4) is 0 Å². The Balaban J connectivity index is -0.000000598. The van der Waals surface area contributed by atoms with Gasteiger partial charge < -0.3 is 50.2 Å². The van der Waals surface area contributed by atoms with Gasteiger partial charge in [0.15, 0.2) is 0 Å². The molecule has 57 heavy (non-hydrogen) atoms. The topological polar surface area (TPSA) is 222 Å². The van der Waals surface area contributed by atoms with Gasteiger partial charge in [-0.25, -0.2) is 4.79 Å². The molecule has 15 nitrogen and oxygen atoms in total. The van der Waals surface area contributed by atoms with E-state index in [1.54, 1.807) is 0 Å². The number of rotatable bonds is 36. The van der Waals surface area contributed by atoms with Gasteiger partial charge in [-0.2, -0.15) is 25.3 Å². The van der Waals surface area contributed by atoms with Crippen LogP contribution in [0.15, 0.2) is 0 Å². The molecule has 0 fully saturated rings. The largest absolute Gasteiger partial charge is 1.00 e. The van der Waals surface area contributed by atoms with E-state index in [4.69, 9.17) is 19.3 Å². The maximum absolute atomic E-state index is 12.2. The number of ether oxygens (including phenoxy) is 4. The second kappa shape index (κ2) is 59.8. The molecule has 1 unspecified atom stereocenters. The Morgan fingerprint density at radius 3 is 1.42 bits per heavy atom. The number of carboxylic acid groups (broad SMARTS) is 2. The minimum absolute atomic E-state index is 0. The first-order valence-electron chi connectivity index (χ1n) is 20.3. The van der Waals surface area contributed by atoms with Gasteiger partial charge in [-0.05, 0) is 38.1 Å². The van der Waals surface area contributed by atoms with E-state index in [0.29, 0.717) is 19.6 Å². The molecular formula is C39H80KN3O12S2. The number of thioether (sulfide) groups is 1. The molecule has 0 rings (SSSR count). The van der Waals surface area contributed by atoms with Crippen LogP contribution in [-0.2, 0) is 42.9 Å². The molecule has 0 saturated heterocycles. The summed E-state index contributed by atoms with van der Waals surface area (Å²) in [5, 5.41) is 35.9. The zero-order valence-corrected chi connectivity index (χ0v) is 41.5. The summed E-state index contributed by atoms with van der Waals surface area (Å²) in [7, 11) is 0. The summed E-state index contributed by atoms with van der Waals surface area (Å²) < 4.78 is 20.3. The van der Waals surface area contributed by atoms with E-state index in [1.807, 2.05) is 39.5 Å². The molecule has 0 aliphatic carbocycles. The Hall–Kier alpha value is -0.514. The first-order valence-corrected chi connectivity index (χ1v) is 21.7. The van der Waals surface area contributed by atoms with Gasteiger partial charge >= 0.3 is 63.3 Å². The Kier molecular flexibility index (Phi) is 71.6. The first-order chi connectivity index (χ1) is 26.7. The normalized spacial score (nSPS) is 10.3. The Morgan fingerprint density at radius 1 is 0.596 bits per heavy atom. The quantitative estimate of drug-likeness (QED) is 0.0346. The maximum atomic E-state index is 12.2. The summed E-state index contributed by atoms with van der Waals surface area (Å²) in [6, 6.07) is -1.13. The van der Waals surface area contributed by atoms with Crippen molar-refractivity contribution in [1.29, 1.82) is 0 Å². The molecule has 0 bridgehead atoms. The monoisotopic (exact) mass is 885 g/mol. The van der Waals surface area contributed by atoms with Crippen LogP contribution in [0, 0.1) is 0 Å². The zero-order valence-electron chi connectivity index (χ0n) is 36.6. The fourth-order valence-corrected chi connectivity index (χ4v) is 4.46. The van der Waals surface area contributed by atoms with E-state index >= 15 is 0 Å². The van der Waals surface area contributed by atoms with Crippen molar-refractivity contribution in [1.82, 2.24) is 16.0 Å². The Bertz CT molecular complexity index is 882. The maximum Gasteiger partial charge on any atom is 1.00 e. The number of carboxylic acids is 2. The molecule has 0 saturated carbocycles. The number of hydrogen-bond acceptors (Lipinski definition) is 11. The van der Waals surface area contributed by atoms with Gasteiger partial charge in [-0.1, -0.05) is 98.8 Å². The molecule has 0 radical (unpaired) electrons. The van der Waals surface area contributed by atoms with E-state index < -0.39 is 24.8 Å². The second-order valence-electron chi connectivity index (χ2n) is 11.7. The van der Waals surface area contributed by atoms with Crippen molar-refractivity contribution in [3.8, 4) is 0 Å². The van der Waals surface area contributed by atoms with Crippen LogP contribution in [0.2, 0.25) is 0 Å². The van der Waals surface area contributed by atoms with E-state index in [0.717, 1.165) is 51.4 Å². The van der Waals surface area contributed by atoms with Gasteiger partial charge in [-0.15, -0.1) is 0 Å². The van der Waals surface area contributed by atoms with Gasteiger partial charge in [0.05, 0.1) is 39.6 Å². The van der Waals surface area contributed by atoms with Crippen LogP contribution in [0.1, 0.15) is 137 Å². The van der Waals surface area contributed by atoms with Gasteiger partial charge in [0.2, 0.25) is 17.7 Å². The van der Waals surface area contributed by atoms with Crippen LogP contribution in [0.4, 0.5) is 0 Å². The molecule has 0 aromatic rings. The fourth-order valence-electron chi connectivity index (χ4n) is 4.46. The summed E-state index contributed by atoms with van der Waals surface area (Å²) in [5.41, 5.74) is 0. The van der Waals surface area contributed by atoms with Gasteiger partial charge in [0.25, 0.3) is 0 Å². The van der Waals surface area contributed by atoms with Crippen molar-refractivity contribution >= 4 is 54.9 Å². The van der Waals surface area contributed by atoms with Crippen LogP contribution in [0.5, 0.6) is 0 Å². The number of unbranched alkanes of at least 4 members (excludes halogenated alkanes) is 11. The molecule has 0 aromatic heterocycles. The standard InChI is InChI=1S/C32H58N3O12.C3H8S.2C2H6.K.H2S/c36-26-47-24-22-45-20-18-34-30(39)25-46-23-21-44-19-17-33-28(37)16-15-27(32(42)43)35-29(38)13-11-9-7-5-3-1-2-4-6-8-10-12-14-31(40)41;1-3-4-2;2*1-2;;/h27H,1-26H2,(H,33,37)(H,34,39)(H,35,38)(H,40,41)(H,42,43);3H2,1-2H3;2*1-2H3;;1H2/q-1;;;;+1;. The van der Waals surface area contributed by atoms with Gasteiger partial charge in [-0.3, -0.25) is 19.2 Å². The number of amides is 3. The van der Waals surface area contributed by atoms with Crippen molar-refractivity contribution in [2.75, 3.05) is 78.1 Å². The molecule has 18 heteroatoms. The zero-order chi connectivity index (χ0) is 42.2. The van der Waals surface area contributed by atoms with Gasteiger partial charge in [0, 0.05) is 32.4 Å². The molecule has 0 aromatic carbocycles. The molecule has 5 N–H and O–H groups in total. The van der Waals surface area contributed by atoms with Gasteiger partial charge in [0.1, 0.15) is 12.6 Å². The molecule has 0 spiro atoms. The third-order valence-electron chi connectivity index (χ3n) is 7.32. The van der Waals surface area contributed by atoms with Crippen LogP contribution < -0.4 is 72.4 Å². The predicted octanol–water partition coefficient (Wildman–Crippen LogP) is 2.04. The molecule has 336 valence electrons. The van der Waals surface area contributed by atoms with Crippen molar-refractivity contribution in [2.45, 2.75) is 143 Å². The third kappa shape index (κ3) is 62.3. The second-order valence-corrected chi connectivity index (χ2v) is 12.9. The number of nitrogens with one attached hydrogen (secondary N) is 3. The van der Waals surface area contributed by atoms with E-state index in [9.17, 15) is 34.2 Å². The smallest absolute Gasteiger partial charge is 0.834 e. The summed E-state index contributed by atoms with van der Waals surface area (Å²) in [6.45, 7) is 11.3. The average Bonchev–Trinajstić information content (AvgIpc) is 3.18. The minimum Gasteiger partial charge on any atom is -0.834 e. The third-order valence-corrected chi connectivity index (χ3v) is 7.90. The number of carbonyl (C=O) groups excluding carboxylic acids is 3. The first kappa shape index (κ1) is 68.2. The summed E-state index contributed by atoms with van der Waals surface area (Å²) in [4.78, 5) is 58.0. The number of hydrogen-bond donors (Lipinski definition) is 5. The van der Waals surface area contributed by atoms with Crippen LogP contribution in [-0.4, -0.2) is 124 Å². The molecule has 1 atom stereocenters. The number of aliphatic carboxylic acids is 2. The Morgan fingerprint density at radius 2 is 1.00 bits per heavy atom. The molecule has 0 aliphatic rings. The molecule has 3 amide bonds. The fraction of sp³-hybridized carbons (Fsp3) is 0.872. The van der Waals surface area contributed by atoms with Crippen LogP contribution in [0.25, 0.3) is 0 Å². The summed E-state index contributed by atoms with van der Waals surface area (Å²) in [6.07, 6.45) is 14.9. The molecule has 0 aliphatic heterocycles. The van der Waals surface area contributed by atoms with E-state index in [1.165, 1.54) is 25.0 Å². The summed E-state index contributed by atoms with van der Waals surface area (Å²) >= 11 is 1.86. The van der Waals surface area contributed by atoms with E-state index in [-0.39, 0.29) is 154 Å². The Labute approximate surface area is 398 Å².